The molecule has 1 heterocycles. The van der Waals surface area contributed by atoms with Gasteiger partial charge in [0.15, 0.2) is 11.5 Å². The number of hydrogen-bond acceptors (Lipinski definition) is 4. The van der Waals surface area contributed by atoms with Crippen molar-refractivity contribution < 1.29 is 9.47 Å². The predicted octanol–water partition coefficient (Wildman–Crippen LogP) is 2.77. The normalized spacial score (nSPS) is 10.0. The van der Waals surface area contributed by atoms with Gasteiger partial charge in [0.2, 0.25) is 5.88 Å². The highest BCUT2D eigenvalue weighted by atomic mass is 16.5. The summed E-state index contributed by atoms with van der Waals surface area (Å²) in [5.41, 5.74) is 7.39. The first-order chi connectivity index (χ1) is 8.19. The molecule has 0 fully saturated rings. The van der Waals surface area contributed by atoms with Gasteiger partial charge in [0.25, 0.3) is 0 Å². The van der Waals surface area contributed by atoms with Gasteiger partial charge in [0, 0.05) is 24.0 Å². The molecule has 1 aromatic heterocycles. The number of pyridine rings is 1. The maximum Gasteiger partial charge on any atom is 0.219 e. The first-order valence-corrected chi connectivity index (χ1v) is 5.23. The van der Waals surface area contributed by atoms with Crippen LogP contribution in [0.1, 0.15) is 5.56 Å². The summed E-state index contributed by atoms with van der Waals surface area (Å²) < 4.78 is 10.8. The molecule has 0 aliphatic heterocycles. The van der Waals surface area contributed by atoms with Crippen LogP contribution >= 0.6 is 0 Å². The molecule has 0 saturated heterocycles. The van der Waals surface area contributed by atoms with Crippen LogP contribution in [0.15, 0.2) is 36.5 Å². The van der Waals surface area contributed by atoms with Crippen molar-refractivity contribution in [2.24, 2.45) is 0 Å². The van der Waals surface area contributed by atoms with Crippen LogP contribution in [-0.2, 0) is 0 Å². The smallest absolute Gasteiger partial charge is 0.219 e. The second-order valence-electron chi connectivity index (χ2n) is 3.68. The van der Waals surface area contributed by atoms with E-state index in [1.807, 2.05) is 19.1 Å². The van der Waals surface area contributed by atoms with Gasteiger partial charge in [-0.3, -0.25) is 0 Å². The van der Waals surface area contributed by atoms with Gasteiger partial charge in [-0.2, -0.15) is 0 Å². The van der Waals surface area contributed by atoms with Crippen molar-refractivity contribution in [2.75, 3.05) is 12.8 Å². The van der Waals surface area contributed by atoms with E-state index >= 15 is 0 Å². The second kappa shape index (κ2) is 4.74. The standard InChI is InChI=1S/C13H14N2O2/c1-9-5-6-15-13(7-9)17-11-4-3-10(14)8-12(11)16-2/h3-8H,14H2,1-2H3. The number of methoxy groups -OCH3 is 1. The number of hydrogen-bond donors (Lipinski definition) is 1. The van der Waals surface area contributed by atoms with Crippen molar-refractivity contribution in [1.29, 1.82) is 0 Å². The molecule has 2 aromatic rings. The second-order valence-corrected chi connectivity index (χ2v) is 3.68. The van der Waals surface area contributed by atoms with E-state index in [-0.39, 0.29) is 0 Å². The summed E-state index contributed by atoms with van der Waals surface area (Å²) in [7, 11) is 1.57. The molecule has 1 aromatic carbocycles. The lowest BCUT2D eigenvalue weighted by molar-refractivity contribution is 0.374. The lowest BCUT2D eigenvalue weighted by Gasteiger charge is -2.10. The number of nitrogen functional groups attached to an aromatic ring is 1. The monoisotopic (exact) mass is 230 g/mol. The lowest BCUT2D eigenvalue weighted by atomic mass is 10.3. The Bertz CT molecular complexity index is 527. The number of aromatic nitrogens is 1. The highest BCUT2D eigenvalue weighted by Crippen LogP contribution is 2.32. The molecule has 0 aliphatic rings. The molecule has 0 aliphatic carbocycles. The van der Waals surface area contributed by atoms with E-state index in [0.29, 0.717) is 23.1 Å². The Labute approximate surface area is 100 Å². The topological polar surface area (TPSA) is 57.4 Å². The molecular weight excluding hydrogens is 216 g/mol. The molecule has 88 valence electrons. The number of rotatable bonds is 3. The molecular formula is C13H14N2O2. The SMILES string of the molecule is COc1cc(N)ccc1Oc1cc(C)ccn1. The molecule has 0 amide bonds. The van der Waals surface area contributed by atoms with E-state index in [9.17, 15) is 0 Å². The number of benzene rings is 1. The third kappa shape index (κ3) is 2.66. The Morgan fingerprint density at radius 1 is 1.12 bits per heavy atom. The molecule has 0 unspecified atom stereocenters. The highest BCUT2D eigenvalue weighted by Gasteiger charge is 2.06. The minimum absolute atomic E-state index is 0.535. The number of nitrogens with zero attached hydrogens (tertiary/aromatic N) is 1. The van der Waals surface area contributed by atoms with Crippen molar-refractivity contribution in [3.63, 3.8) is 0 Å². The Kier molecular flexibility index (Phi) is 3.14. The lowest BCUT2D eigenvalue weighted by Crippen LogP contribution is -1.94. The quantitative estimate of drug-likeness (QED) is 0.824. The molecule has 0 saturated carbocycles. The van der Waals surface area contributed by atoms with Gasteiger partial charge < -0.3 is 15.2 Å². The number of aryl methyl sites for hydroxylation is 1. The van der Waals surface area contributed by atoms with Gasteiger partial charge in [-0.1, -0.05) is 0 Å². The maximum absolute atomic E-state index is 5.67. The van der Waals surface area contributed by atoms with Crippen LogP contribution in [0.3, 0.4) is 0 Å². The van der Waals surface area contributed by atoms with E-state index in [1.54, 1.807) is 31.5 Å². The Morgan fingerprint density at radius 3 is 2.65 bits per heavy atom. The van der Waals surface area contributed by atoms with E-state index < -0.39 is 0 Å². The highest BCUT2D eigenvalue weighted by molar-refractivity contribution is 5.52. The molecule has 4 nitrogen and oxygen atoms in total. The zero-order chi connectivity index (χ0) is 12.3. The van der Waals surface area contributed by atoms with Crippen LogP contribution in [0.5, 0.6) is 17.4 Å². The van der Waals surface area contributed by atoms with Crippen molar-refractivity contribution in [3.05, 3.63) is 42.1 Å². The minimum atomic E-state index is 0.535. The summed E-state index contributed by atoms with van der Waals surface area (Å²) in [6.45, 7) is 1.98. The van der Waals surface area contributed by atoms with Crippen LogP contribution in [0.2, 0.25) is 0 Å². The maximum atomic E-state index is 5.67. The fraction of sp³-hybridized carbons (Fsp3) is 0.154. The minimum Gasteiger partial charge on any atom is -0.493 e. The van der Waals surface area contributed by atoms with Crippen LogP contribution in [0.25, 0.3) is 0 Å². The molecule has 0 atom stereocenters. The fourth-order valence-electron chi connectivity index (χ4n) is 1.45. The largest absolute Gasteiger partial charge is 0.493 e. The molecule has 0 spiro atoms. The van der Waals surface area contributed by atoms with Gasteiger partial charge in [0.05, 0.1) is 7.11 Å². The van der Waals surface area contributed by atoms with Crippen molar-refractivity contribution in [2.45, 2.75) is 6.92 Å². The Hall–Kier alpha value is -2.23. The van der Waals surface area contributed by atoms with Crippen LogP contribution in [0.4, 0.5) is 5.69 Å². The summed E-state index contributed by atoms with van der Waals surface area (Å²) in [6, 6.07) is 9.00. The van der Waals surface area contributed by atoms with Crippen molar-refractivity contribution in [1.82, 2.24) is 4.98 Å². The zero-order valence-electron chi connectivity index (χ0n) is 9.81. The molecule has 2 N–H and O–H groups in total. The fourth-order valence-corrected chi connectivity index (χ4v) is 1.45. The summed E-state index contributed by atoms with van der Waals surface area (Å²) >= 11 is 0. The molecule has 2 rings (SSSR count). The van der Waals surface area contributed by atoms with Crippen molar-refractivity contribution in [3.8, 4) is 17.4 Å². The summed E-state index contributed by atoms with van der Waals surface area (Å²) in [4.78, 5) is 4.12. The van der Waals surface area contributed by atoms with Gasteiger partial charge in [-0.15, -0.1) is 0 Å². The van der Waals surface area contributed by atoms with Crippen molar-refractivity contribution >= 4 is 5.69 Å². The average Bonchev–Trinajstić information content (AvgIpc) is 2.31. The van der Waals surface area contributed by atoms with E-state index in [0.717, 1.165) is 5.56 Å². The summed E-state index contributed by atoms with van der Waals surface area (Å²) in [5.74, 6) is 1.72. The van der Waals surface area contributed by atoms with Crippen LogP contribution < -0.4 is 15.2 Å². The molecule has 17 heavy (non-hydrogen) atoms. The number of anilines is 1. The zero-order valence-corrected chi connectivity index (χ0v) is 9.81. The Balaban J connectivity index is 2.29. The van der Waals surface area contributed by atoms with Gasteiger partial charge in [0.1, 0.15) is 0 Å². The van der Waals surface area contributed by atoms with E-state index in [4.69, 9.17) is 15.2 Å². The summed E-state index contributed by atoms with van der Waals surface area (Å²) in [6.07, 6.45) is 1.70. The average molecular weight is 230 g/mol. The first kappa shape index (κ1) is 11.3. The van der Waals surface area contributed by atoms with E-state index in [1.165, 1.54) is 0 Å². The predicted molar refractivity (Wildman–Crippen MR) is 66.5 cm³/mol. The van der Waals surface area contributed by atoms with Gasteiger partial charge in [-0.25, -0.2) is 4.98 Å². The van der Waals surface area contributed by atoms with Gasteiger partial charge in [-0.05, 0) is 30.7 Å². The number of ether oxygens (including phenoxy) is 2. The molecule has 0 radical (unpaired) electrons. The third-order valence-corrected chi connectivity index (χ3v) is 2.29. The molecule has 4 heteroatoms. The van der Waals surface area contributed by atoms with Crippen LogP contribution in [-0.4, -0.2) is 12.1 Å². The third-order valence-electron chi connectivity index (χ3n) is 2.29. The van der Waals surface area contributed by atoms with Crippen LogP contribution in [0, 0.1) is 6.92 Å². The van der Waals surface area contributed by atoms with Gasteiger partial charge >= 0.3 is 0 Å². The molecule has 0 bridgehead atoms. The Morgan fingerprint density at radius 2 is 1.94 bits per heavy atom. The first-order valence-electron chi connectivity index (χ1n) is 5.23. The summed E-state index contributed by atoms with van der Waals surface area (Å²) in [5, 5.41) is 0. The van der Waals surface area contributed by atoms with E-state index in [2.05, 4.69) is 4.98 Å². The number of nitrogens with two attached hydrogens (primary N) is 1.